The highest BCUT2D eigenvalue weighted by molar-refractivity contribution is 6.29. The highest BCUT2D eigenvalue weighted by atomic mass is 35.5. The van der Waals surface area contributed by atoms with E-state index in [1.807, 2.05) is 6.92 Å². The average Bonchev–Trinajstić information content (AvgIpc) is 2.21. The van der Waals surface area contributed by atoms with Crippen molar-refractivity contribution in [3.05, 3.63) is 22.7 Å². The number of aliphatic hydroxyl groups excluding tert-OH is 1. The van der Waals surface area contributed by atoms with Gasteiger partial charge in [-0.1, -0.05) is 18.0 Å². The lowest BCUT2D eigenvalue weighted by Crippen LogP contribution is -2.40. The fourth-order valence-corrected chi connectivity index (χ4v) is 2.51. The second-order valence-corrected chi connectivity index (χ2v) is 5.27. The lowest BCUT2D eigenvalue weighted by molar-refractivity contribution is 0.106. The van der Waals surface area contributed by atoms with Crippen LogP contribution in [0.2, 0.25) is 5.15 Å². The molecule has 0 atom stereocenters. The number of aromatic nitrogens is 2. The molecule has 1 aromatic rings. The first kappa shape index (κ1) is 13.7. The molecule has 1 heterocycles. The molecule has 1 aliphatic rings. The molecule has 0 aromatic carbocycles. The molecule has 0 aliphatic heterocycles. The molecule has 1 saturated carbocycles. The van der Waals surface area contributed by atoms with Gasteiger partial charge in [-0.15, -0.1) is 0 Å². The highest BCUT2D eigenvalue weighted by Gasteiger charge is 2.25. The molecule has 4 nitrogen and oxygen atoms in total. The van der Waals surface area contributed by atoms with Crippen LogP contribution in [0.5, 0.6) is 0 Å². The van der Waals surface area contributed by atoms with Gasteiger partial charge in [-0.25, -0.2) is 9.97 Å². The van der Waals surface area contributed by atoms with Crippen LogP contribution in [0, 0.1) is 6.92 Å². The minimum absolute atomic E-state index is 0.235. The van der Waals surface area contributed by atoms with E-state index in [0.717, 1.165) is 31.0 Å². The van der Waals surface area contributed by atoms with Gasteiger partial charge in [-0.05, 0) is 32.3 Å². The van der Waals surface area contributed by atoms with Crippen LogP contribution in [-0.4, -0.2) is 39.2 Å². The first-order chi connectivity index (χ1) is 8.69. The van der Waals surface area contributed by atoms with Crippen LogP contribution < -0.4 is 0 Å². The molecular weight excluding hydrogens is 250 g/mol. The normalized spacial score (nSPS) is 16.0. The van der Waals surface area contributed by atoms with Crippen molar-refractivity contribution in [1.29, 1.82) is 0 Å². The molecule has 2 rings (SSSR count). The summed E-state index contributed by atoms with van der Waals surface area (Å²) in [5.74, 6) is 0.782. The largest absolute Gasteiger partial charge is 0.396 e. The third-order valence-electron chi connectivity index (χ3n) is 3.41. The van der Waals surface area contributed by atoms with E-state index in [4.69, 9.17) is 16.7 Å². The Kier molecular flexibility index (Phi) is 4.92. The summed E-state index contributed by atoms with van der Waals surface area (Å²) in [5.41, 5.74) is 0.903. The molecule has 0 saturated heterocycles. The van der Waals surface area contributed by atoms with Crippen LogP contribution >= 0.6 is 11.6 Å². The summed E-state index contributed by atoms with van der Waals surface area (Å²) in [6.07, 6.45) is 4.59. The molecule has 18 heavy (non-hydrogen) atoms. The zero-order chi connectivity index (χ0) is 13.0. The lowest BCUT2D eigenvalue weighted by Gasteiger charge is -2.37. The van der Waals surface area contributed by atoms with E-state index in [1.165, 1.54) is 19.3 Å². The second-order valence-electron chi connectivity index (χ2n) is 4.88. The van der Waals surface area contributed by atoms with E-state index < -0.39 is 0 Å². The van der Waals surface area contributed by atoms with E-state index in [-0.39, 0.29) is 6.61 Å². The summed E-state index contributed by atoms with van der Waals surface area (Å²) in [5, 5.41) is 9.47. The fraction of sp³-hybridized carbons (Fsp3) is 0.692. The number of halogens is 1. The molecule has 1 aliphatic carbocycles. The van der Waals surface area contributed by atoms with Crippen molar-refractivity contribution in [1.82, 2.24) is 14.9 Å². The van der Waals surface area contributed by atoms with Crippen LogP contribution in [0.3, 0.4) is 0 Å². The topological polar surface area (TPSA) is 49.2 Å². The zero-order valence-corrected chi connectivity index (χ0v) is 11.5. The van der Waals surface area contributed by atoms with Gasteiger partial charge in [0.1, 0.15) is 11.0 Å². The SMILES string of the molecule is Cc1cc(Cl)nc(CN(CCCO)C2CCC2)n1. The van der Waals surface area contributed by atoms with E-state index in [2.05, 4.69) is 14.9 Å². The van der Waals surface area contributed by atoms with Crippen LogP contribution in [0.1, 0.15) is 37.2 Å². The van der Waals surface area contributed by atoms with Gasteiger partial charge in [0.25, 0.3) is 0 Å². The molecule has 0 amide bonds. The first-order valence-electron chi connectivity index (χ1n) is 6.54. The van der Waals surface area contributed by atoms with Gasteiger partial charge in [0.15, 0.2) is 0 Å². The molecule has 5 heteroatoms. The summed E-state index contributed by atoms with van der Waals surface area (Å²) in [6, 6.07) is 2.39. The maximum Gasteiger partial charge on any atom is 0.144 e. The summed E-state index contributed by atoms with van der Waals surface area (Å²) in [4.78, 5) is 11.1. The van der Waals surface area contributed by atoms with Gasteiger partial charge in [0.05, 0.1) is 6.54 Å². The molecule has 1 aromatic heterocycles. The Labute approximate surface area is 113 Å². The molecule has 0 bridgehead atoms. The Morgan fingerprint density at radius 3 is 2.78 bits per heavy atom. The van der Waals surface area contributed by atoms with Crippen LogP contribution in [0.4, 0.5) is 0 Å². The average molecular weight is 270 g/mol. The quantitative estimate of drug-likeness (QED) is 0.804. The standard InChI is InChI=1S/C13H20ClN3O/c1-10-8-12(14)16-13(15-10)9-17(6-3-7-18)11-4-2-5-11/h8,11,18H,2-7,9H2,1H3. The van der Waals surface area contributed by atoms with E-state index >= 15 is 0 Å². The van der Waals surface area contributed by atoms with Crippen LogP contribution in [0.15, 0.2) is 6.07 Å². The number of rotatable bonds is 6. The summed E-state index contributed by atoms with van der Waals surface area (Å²) < 4.78 is 0. The van der Waals surface area contributed by atoms with Crippen molar-refractivity contribution >= 4 is 11.6 Å². The van der Waals surface area contributed by atoms with Gasteiger partial charge >= 0.3 is 0 Å². The first-order valence-corrected chi connectivity index (χ1v) is 6.92. The van der Waals surface area contributed by atoms with Crippen LogP contribution in [-0.2, 0) is 6.54 Å². The number of hydrogen-bond acceptors (Lipinski definition) is 4. The second kappa shape index (κ2) is 6.45. The Hall–Kier alpha value is -0.710. The Balaban J connectivity index is 2.02. The monoisotopic (exact) mass is 269 g/mol. The maximum atomic E-state index is 8.96. The fourth-order valence-electron chi connectivity index (χ4n) is 2.26. The number of hydrogen-bond donors (Lipinski definition) is 1. The van der Waals surface area contributed by atoms with Crippen molar-refractivity contribution in [2.75, 3.05) is 13.2 Å². The van der Waals surface area contributed by atoms with Crippen molar-refractivity contribution in [3.8, 4) is 0 Å². The van der Waals surface area contributed by atoms with Gasteiger partial charge in [0, 0.05) is 24.9 Å². The minimum atomic E-state index is 0.235. The van der Waals surface area contributed by atoms with Gasteiger partial charge in [-0.3, -0.25) is 4.90 Å². The summed E-state index contributed by atoms with van der Waals surface area (Å²) in [6.45, 7) is 3.79. The van der Waals surface area contributed by atoms with E-state index in [9.17, 15) is 0 Å². The Morgan fingerprint density at radius 1 is 1.44 bits per heavy atom. The minimum Gasteiger partial charge on any atom is -0.396 e. The number of aryl methyl sites for hydroxylation is 1. The molecule has 100 valence electrons. The van der Waals surface area contributed by atoms with Crippen molar-refractivity contribution < 1.29 is 5.11 Å². The third kappa shape index (κ3) is 3.64. The van der Waals surface area contributed by atoms with Gasteiger partial charge in [-0.2, -0.15) is 0 Å². The molecule has 0 radical (unpaired) electrons. The molecular formula is C13H20ClN3O. The maximum absolute atomic E-state index is 8.96. The van der Waals surface area contributed by atoms with Crippen molar-refractivity contribution in [2.45, 2.75) is 45.2 Å². The summed E-state index contributed by atoms with van der Waals surface area (Å²) in [7, 11) is 0. The zero-order valence-electron chi connectivity index (χ0n) is 10.8. The predicted molar refractivity (Wildman–Crippen MR) is 71.5 cm³/mol. The molecule has 1 N–H and O–H groups in total. The Morgan fingerprint density at radius 2 is 2.22 bits per heavy atom. The predicted octanol–water partition coefficient (Wildman–Crippen LogP) is 2.18. The van der Waals surface area contributed by atoms with Crippen molar-refractivity contribution in [2.24, 2.45) is 0 Å². The molecule has 0 spiro atoms. The molecule has 0 unspecified atom stereocenters. The number of nitrogens with zero attached hydrogens (tertiary/aromatic N) is 3. The Bertz CT molecular complexity index is 376. The molecule has 1 fully saturated rings. The van der Waals surface area contributed by atoms with Gasteiger partial charge < -0.3 is 5.11 Å². The lowest BCUT2D eigenvalue weighted by atomic mass is 9.91. The van der Waals surface area contributed by atoms with E-state index in [1.54, 1.807) is 6.07 Å². The van der Waals surface area contributed by atoms with Gasteiger partial charge in [0.2, 0.25) is 0 Å². The highest BCUT2D eigenvalue weighted by Crippen LogP contribution is 2.26. The smallest absolute Gasteiger partial charge is 0.144 e. The summed E-state index contributed by atoms with van der Waals surface area (Å²) >= 11 is 5.96. The number of aliphatic hydroxyl groups is 1. The van der Waals surface area contributed by atoms with E-state index in [0.29, 0.717) is 11.2 Å². The van der Waals surface area contributed by atoms with Crippen LogP contribution in [0.25, 0.3) is 0 Å². The van der Waals surface area contributed by atoms with Crippen molar-refractivity contribution in [3.63, 3.8) is 0 Å². The third-order valence-corrected chi connectivity index (χ3v) is 3.60.